The summed E-state index contributed by atoms with van der Waals surface area (Å²) in [6, 6.07) is 0. The number of allylic oxidation sites excluding steroid dienone is 2. The van der Waals surface area contributed by atoms with Crippen LogP contribution >= 0.6 is 0 Å². The van der Waals surface area contributed by atoms with Gasteiger partial charge in [-0.15, -0.1) is 0 Å². The number of hydrogen-bond acceptors (Lipinski definition) is 1. The molecule has 0 bridgehead atoms. The Bertz CT molecular complexity index is 281. The lowest BCUT2D eigenvalue weighted by Crippen LogP contribution is -2.15. The summed E-state index contributed by atoms with van der Waals surface area (Å²) in [6.07, 6.45) is 14.5. The van der Waals surface area contributed by atoms with E-state index >= 15 is 0 Å². The minimum atomic E-state index is 0.628. The van der Waals surface area contributed by atoms with E-state index in [2.05, 4.69) is 26.8 Å². The van der Waals surface area contributed by atoms with E-state index < -0.39 is 0 Å². The summed E-state index contributed by atoms with van der Waals surface area (Å²) in [5, 5.41) is 0. The number of rotatable bonds is 7. The van der Waals surface area contributed by atoms with Crippen molar-refractivity contribution >= 4 is 0 Å². The molecule has 2 rings (SSSR count). The molecule has 4 unspecified atom stereocenters. The van der Waals surface area contributed by atoms with Crippen LogP contribution in [-0.4, -0.2) is 12.2 Å². The zero-order valence-electron chi connectivity index (χ0n) is 12.5. The molecule has 1 aliphatic heterocycles. The van der Waals surface area contributed by atoms with Gasteiger partial charge in [0.25, 0.3) is 0 Å². The molecule has 0 spiro atoms. The standard InChI is InChI=1S/C17H30O/c1-4-13(2)7-5-8-14(3)11-12-15-9-6-10-16-17(15)18-16/h11,13,15-17H,4-10,12H2,1-3H3/b14-11+. The van der Waals surface area contributed by atoms with Crippen LogP contribution in [0.3, 0.4) is 0 Å². The maximum atomic E-state index is 5.72. The Hall–Kier alpha value is -0.300. The van der Waals surface area contributed by atoms with Gasteiger partial charge in [0, 0.05) is 0 Å². The summed E-state index contributed by atoms with van der Waals surface area (Å²) in [4.78, 5) is 0. The topological polar surface area (TPSA) is 12.5 Å². The van der Waals surface area contributed by atoms with Crippen LogP contribution in [0.25, 0.3) is 0 Å². The van der Waals surface area contributed by atoms with Crippen molar-refractivity contribution in [1.82, 2.24) is 0 Å². The second-order valence-corrected chi connectivity index (χ2v) is 6.52. The van der Waals surface area contributed by atoms with Crippen LogP contribution in [0.2, 0.25) is 0 Å². The van der Waals surface area contributed by atoms with Gasteiger partial charge in [0.05, 0.1) is 12.2 Å². The highest BCUT2D eigenvalue weighted by Crippen LogP contribution is 2.42. The number of ether oxygens (including phenoxy) is 1. The molecule has 1 nitrogen and oxygen atoms in total. The van der Waals surface area contributed by atoms with Crippen LogP contribution in [0.15, 0.2) is 11.6 Å². The Labute approximate surface area is 113 Å². The van der Waals surface area contributed by atoms with Crippen molar-refractivity contribution < 1.29 is 4.74 Å². The molecule has 0 aromatic rings. The zero-order chi connectivity index (χ0) is 13.0. The first-order valence-corrected chi connectivity index (χ1v) is 8.01. The molecule has 1 heteroatoms. The molecule has 1 heterocycles. The molecule has 4 atom stereocenters. The van der Waals surface area contributed by atoms with E-state index in [-0.39, 0.29) is 0 Å². The fourth-order valence-electron chi connectivity index (χ4n) is 3.19. The van der Waals surface area contributed by atoms with Crippen LogP contribution in [0.5, 0.6) is 0 Å². The molecular weight excluding hydrogens is 220 g/mol. The summed E-state index contributed by atoms with van der Waals surface area (Å²) in [7, 11) is 0. The maximum absolute atomic E-state index is 5.72. The van der Waals surface area contributed by atoms with E-state index in [1.165, 1.54) is 51.4 Å². The lowest BCUT2D eigenvalue weighted by Gasteiger charge is -2.16. The first-order valence-electron chi connectivity index (χ1n) is 8.01. The highest BCUT2D eigenvalue weighted by atomic mass is 16.6. The van der Waals surface area contributed by atoms with Crippen LogP contribution in [0.4, 0.5) is 0 Å². The first kappa shape index (κ1) is 14.1. The van der Waals surface area contributed by atoms with E-state index in [4.69, 9.17) is 4.74 Å². The van der Waals surface area contributed by atoms with Crippen LogP contribution < -0.4 is 0 Å². The van der Waals surface area contributed by atoms with E-state index in [9.17, 15) is 0 Å². The first-order chi connectivity index (χ1) is 8.70. The number of hydrogen-bond donors (Lipinski definition) is 0. The summed E-state index contributed by atoms with van der Waals surface area (Å²) in [5.74, 6) is 1.73. The van der Waals surface area contributed by atoms with Gasteiger partial charge in [0.15, 0.2) is 0 Å². The van der Waals surface area contributed by atoms with Gasteiger partial charge in [0.2, 0.25) is 0 Å². The van der Waals surface area contributed by atoms with E-state index in [1.54, 1.807) is 5.57 Å². The van der Waals surface area contributed by atoms with Gasteiger partial charge < -0.3 is 4.74 Å². The van der Waals surface area contributed by atoms with Crippen molar-refractivity contribution in [2.45, 2.75) is 84.3 Å². The Kier molecular flexibility index (Phi) is 5.29. The van der Waals surface area contributed by atoms with Crippen molar-refractivity contribution in [3.63, 3.8) is 0 Å². The smallest absolute Gasteiger partial charge is 0.0872 e. The van der Waals surface area contributed by atoms with Crippen molar-refractivity contribution in [2.75, 3.05) is 0 Å². The lowest BCUT2D eigenvalue weighted by molar-refractivity contribution is 0.322. The largest absolute Gasteiger partial charge is 0.369 e. The average Bonchev–Trinajstić information content (AvgIpc) is 3.15. The van der Waals surface area contributed by atoms with Crippen molar-refractivity contribution in [3.8, 4) is 0 Å². The minimum absolute atomic E-state index is 0.628. The van der Waals surface area contributed by atoms with E-state index in [0.29, 0.717) is 12.2 Å². The predicted molar refractivity (Wildman–Crippen MR) is 77.7 cm³/mol. The van der Waals surface area contributed by atoms with Gasteiger partial charge in [-0.05, 0) is 50.9 Å². The molecule has 18 heavy (non-hydrogen) atoms. The normalized spacial score (nSPS) is 33.1. The van der Waals surface area contributed by atoms with Gasteiger partial charge in [-0.2, -0.15) is 0 Å². The second-order valence-electron chi connectivity index (χ2n) is 6.52. The van der Waals surface area contributed by atoms with E-state index in [0.717, 1.165) is 11.8 Å². The third-order valence-corrected chi connectivity index (χ3v) is 4.88. The second kappa shape index (κ2) is 6.75. The molecular formula is C17H30O. The van der Waals surface area contributed by atoms with Crippen LogP contribution in [-0.2, 0) is 4.74 Å². The van der Waals surface area contributed by atoms with Gasteiger partial charge in [0.1, 0.15) is 0 Å². The molecule has 1 saturated carbocycles. The summed E-state index contributed by atoms with van der Waals surface area (Å²) >= 11 is 0. The molecule has 0 amide bonds. The minimum Gasteiger partial charge on any atom is -0.369 e. The highest BCUT2D eigenvalue weighted by molar-refractivity contribution is 5.03. The zero-order valence-corrected chi connectivity index (χ0v) is 12.5. The van der Waals surface area contributed by atoms with Gasteiger partial charge in [-0.1, -0.05) is 44.8 Å². The molecule has 2 aliphatic rings. The molecule has 0 N–H and O–H groups in total. The molecule has 2 fully saturated rings. The molecule has 1 aliphatic carbocycles. The monoisotopic (exact) mass is 250 g/mol. The summed E-state index contributed by atoms with van der Waals surface area (Å²) in [6.45, 7) is 6.97. The van der Waals surface area contributed by atoms with Gasteiger partial charge >= 0.3 is 0 Å². The van der Waals surface area contributed by atoms with Gasteiger partial charge in [-0.25, -0.2) is 0 Å². The lowest BCUT2D eigenvalue weighted by atomic mass is 9.86. The quantitative estimate of drug-likeness (QED) is 0.452. The third-order valence-electron chi connectivity index (χ3n) is 4.88. The number of fused-ring (bicyclic) bond motifs is 1. The molecule has 104 valence electrons. The Morgan fingerprint density at radius 3 is 3.00 bits per heavy atom. The third kappa shape index (κ3) is 4.12. The average molecular weight is 250 g/mol. The highest BCUT2D eigenvalue weighted by Gasteiger charge is 2.46. The summed E-state index contributed by atoms with van der Waals surface area (Å²) < 4.78 is 5.72. The molecule has 0 aromatic carbocycles. The predicted octanol–water partition coefficient (Wildman–Crippen LogP) is 5.11. The summed E-state index contributed by atoms with van der Waals surface area (Å²) in [5.41, 5.74) is 1.60. The van der Waals surface area contributed by atoms with Crippen molar-refractivity contribution in [1.29, 1.82) is 0 Å². The van der Waals surface area contributed by atoms with Crippen molar-refractivity contribution in [3.05, 3.63) is 11.6 Å². The Morgan fingerprint density at radius 1 is 1.39 bits per heavy atom. The molecule has 0 radical (unpaired) electrons. The van der Waals surface area contributed by atoms with E-state index in [1.807, 2.05) is 0 Å². The maximum Gasteiger partial charge on any atom is 0.0872 e. The Balaban J connectivity index is 1.62. The fraction of sp³-hybridized carbons (Fsp3) is 0.882. The Morgan fingerprint density at radius 2 is 2.22 bits per heavy atom. The van der Waals surface area contributed by atoms with Crippen LogP contribution in [0, 0.1) is 11.8 Å². The SMILES string of the molecule is CCC(C)CCC/C(C)=C/CC1CCCC2OC12. The van der Waals surface area contributed by atoms with Crippen LogP contribution in [0.1, 0.15) is 72.1 Å². The van der Waals surface area contributed by atoms with Gasteiger partial charge in [-0.3, -0.25) is 0 Å². The van der Waals surface area contributed by atoms with Crippen molar-refractivity contribution in [2.24, 2.45) is 11.8 Å². The fourth-order valence-corrected chi connectivity index (χ4v) is 3.19. The molecule has 0 aromatic heterocycles. The molecule has 1 saturated heterocycles. The number of epoxide rings is 1.